The van der Waals surface area contributed by atoms with E-state index in [4.69, 9.17) is 5.11 Å². The summed E-state index contributed by atoms with van der Waals surface area (Å²) >= 11 is 1.59. The maximum atomic E-state index is 10.8. The van der Waals surface area contributed by atoms with Gasteiger partial charge in [-0.05, 0) is 22.4 Å². The fourth-order valence-electron chi connectivity index (χ4n) is 1.20. The van der Waals surface area contributed by atoms with Gasteiger partial charge in [0, 0.05) is 18.9 Å². The maximum absolute atomic E-state index is 10.8. The van der Waals surface area contributed by atoms with Crippen LogP contribution < -0.4 is 5.32 Å². The third kappa shape index (κ3) is 2.34. The van der Waals surface area contributed by atoms with Gasteiger partial charge in [-0.3, -0.25) is 0 Å². The summed E-state index contributed by atoms with van der Waals surface area (Å²) in [5, 5.41) is 15.8. The summed E-state index contributed by atoms with van der Waals surface area (Å²) in [6.07, 6.45) is 2.82. The molecule has 0 aliphatic rings. The Morgan fingerprint density at radius 3 is 2.94 bits per heavy atom. The zero-order valence-corrected chi connectivity index (χ0v) is 9.07. The van der Waals surface area contributed by atoms with Crippen molar-refractivity contribution < 1.29 is 9.90 Å². The second-order valence-corrected chi connectivity index (χ2v) is 3.82. The third-order valence-corrected chi connectivity index (χ3v) is 2.67. The molecule has 0 saturated carbocycles. The highest BCUT2D eigenvalue weighted by atomic mass is 32.1. The molecule has 0 radical (unpaired) electrons. The average Bonchev–Trinajstić information content (AvgIpc) is 2.79. The Balaban J connectivity index is 2.12. The highest BCUT2D eigenvalue weighted by Crippen LogP contribution is 2.11. The van der Waals surface area contributed by atoms with E-state index in [1.165, 1.54) is 12.4 Å². The fourth-order valence-corrected chi connectivity index (χ4v) is 1.87. The SMILES string of the molecule is O=C(O)c1nccnc1NCc1ccsc1. The van der Waals surface area contributed by atoms with E-state index in [-0.39, 0.29) is 5.69 Å². The molecule has 0 unspecified atom stereocenters. The smallest absolute Gasteiger partial charge is 0.358 e. The molecule has 0 spiro atoms. The van der Waals surface area contributed by atoms with Crippen molar-refractivity contribution in [1.82, 2.24) is 9.97 Å². The molecule has 2 heterocycles. The van der Waals surface area contributed by atoms with Crippen LogP contribution in [0.2, 0.25) is 0 Å². The quantitative estimate of drug-likeness (QED) is 0.845. The molecule has 2 aromatic heterocycles. The zero-order valence-electron chi connectivity index (χ0n) is 8.25. The van der Waals surface area contributed by atoms with E-state index in [1.807, 2.05) is 16.8 Å². The first-order valence-corrected chi connectivity index (χ1v) is 5.51. The van der Waals surface area contributed by atoms with E-state index in [0.717, 1.165) is 5.56 Å². The lowest BCUT2D eigenvalue weighted by Gasteiger charge is -2.05. The van der Waals surface area contributed by atoms with Gasteiger partial charge >= 0.3 is 5.97 Å². The number of thiophene rings is 1. The number of carboxylic acid groups (broad SMARTS) is 1. The standard InChI is InChI=1S/C10H9N3O2S/c14-10(15)8-9(12-3-2-11-8)13-5-7-1-4-16-6-7/h1-4,6H,5H2,(H,12,13)(H,14,15). The van der Waals surface area contributed by atoms with Gasteiger partial charge in [0.05, 0.1) is 0 Å². The summed E-state index contributed by atoms with van der Waals surface area (Å²) in [4.78, 5) is 18.5. The minimum Gasteiger partial charge on any atom is -0.476 e. The van der Waals surface area contributed by atoms with Crippen molar-refractivity contribution in [3.05, 3.63) is 40.5 Å². The first-order chi connectivity index (χ1) is 7.77. The molecule has 0 aromatic carbocycles. The summed E-state index contributed by atoms with van der Waals surface area (Å²) in [6.45, 7) is 0.544. The van der Waals surface area contributed by atoms with Gasteiger partial charge < -0.3 is 10.4 Å². The van der Waals surface area contributed by atoms with Crippen molar-refractivity contribution in [2.45, 2.75) is 6.54 Å². The Morgan fingerprint density at radius 2 is 2.25 bits per heavy atom. The predicted molar refractivity (Wildman–Crippen MR) is 60.6 cm³/mol. The number of nitrogens with zero attached hydrogens (tertiary/aromatic N) is 2. The van der Waals surface area contributed by atoms with E-state index in [1.54, 1.807) is 11.3 Å². The van der Waals surface area contributed by atoms with Gasteiger partial charge in [-0.2, -0.15) is 11.3 Å². The molecular weight excluding hydrogens is 226 g/mol. The minimum atomic E-state index is -1.08. The van der Waals surface area contributed by atoms with E-state index < -0.39 is 5.97 Å². The van der Waals surface area contributed by atoms with Crippen LogP contribution in [0.4, 0.5) is 5.82 Å². The molecule has 16 heavy (non-hydrogen) atoms. The zero-order chi connectivity index (χ0) is 11.4. The first-order valence-electron chi connectivity index (χ1n) is 4.56. The highest BCUT2D eigenvalue weighted by Gasteiger charge is 2.11. The first kappa shape index (κ1) is 10.6. The molecule has 5 nitrogen and oxygen atoms in total. The number of aromatic carboxylic acids is 1. The normalized spacial score (nSPS) is 10.0. The number of carbonyl (C=O) groups is 1. The fraction of sp³-hybridized carbons (Fsp3) is 0.100. The molecule has 2 aromatic rings. The summed E-state index contributed by atoms with van der Waals surface area (Å²) in [7, 11) is 0. The van der Waals surface area contributed by atoms with Crippen LogP contribution in [-0.4, -0.2) is 21.0 Å². The molecule has 0 bridgehead atoms. The number of hydrogen-bond donors (Lipinski definition) is 2. The van der Waals surface area contributed by atoms with Crippen molar-refractivity contribution in [1.29, 1.82) is 0 Å². The third-order valence-electron chi connectivity index (χ3n) is 1.94. The molecule has 6 heteroatoms. The van der Waals surface area contributed by atoms with Crippen molar-refractivity contribution in [3.63, 3.8) is 0 Å². The molecule has 82 valence electrons. The van der Waals surface area contributed by atoms with Crippen LogP contribution in [0, 0.1) is 0 Å². The summed E-state index contributed by atoms with van der Waals surface area (Å²) in [5.74, 6) is -0.790. The lowest BCUT2D eigenvalue weighted by molar-refractivity contribution is 0.0691. The minimum absolute atomic E-state index is 0.0577. The molecular formula is C10H9N3O2S. The number of carboxylic acids is 1. The van der Waals surface area contributed by atoms with Gasteiger partial charge in [0.15, 0.2) is 11.5 Å². The maximum Gasteiger partial charge on any atom is 0.358 e. The van der Waals surface area contributed by atoms with Gasteiger partial charge in [-0.1, -0.05) is 0 Å². The van der Waals surface area contributed by atoms with Crippen LogP contribution >= 0.6 is 11.3 Å². The Kier molecular flexibility index (Phi) is 3.11. The number of aromatic nitrogens is 2. The van der Waals surface area contributed by atoms with Crippen LogP contribution in [-0.2, 0) is 6.54 Å². The summed E-state index contributed by atoms with van der Waals surface area (Å²) < 4.78 is 0. The van der Waals surface area contributed by atoms with Crippen LogP contribution in [0.1, 0.15) is 16.1 Å². The molecule has 2 rings (SSSR count). The van der Waals surface area contributed by atoms with Crippen LogP contribution in [0.25, 0.3) is 0 Å². The molecule has 0 saturated heterocycles. The van der Waals surface area contributed by atoms with Crippen molar-refractivity contribution in [2.75, 3.05) is 5.32 Å². The lowest BCUT2D eigenvalue weighted by atomic mass is 10.3. The summed E-state index contributed by atoms with van der Waals surface area (Å²) in [5.41, 5.74) is 1.03. The molecule has 2 N–H and O–H groups in total. The van der Waals surface area contributed by atoms with Crippen molar-refractivity contribution in [2.24, 2.45) is 0 Å². The van der Waals surface area contributed by atoms with E-state index in [9.17, 15) is 4.79 Å². The van der Waals surface area contributed by atoms with Crippen molar-refractivity contribution in [3.8, 4) is 0 Å². The monoisotopic (exact) mass is 235 g/mol. The highest BCUT2D eigenvalue weighted by molar-refractivity contribution is 7.07. The van der Waals surface area contributed by atoms with Crippen molar-refractivity contribution >= 4 is 23.1 Å². The molecule has 0 fully saturated rings. The van der Waals surface area contributed by atoms with Gasteiger partial charge in [0.25, 0.3) is 0 Å². The van der Waals surface area contributed by atoms with Gasteiger partial charge in [-0.15, -0.1) is 0 Å². The second kappa shape index (κ2) is 4.71. The average molecular weight is 235 g/mol. The second-order valence-electron chi connectivity index (χ2n) is 3.04. The number of nitrogens with one attached hydrogen (secondary N) is 1. The molecule has 0 aliphatic heterocycles. The number of hydrogen-bond acceptors (Lipinski definition) is 5. The molecule has 0 amide bonds. The molecule has 0 atom stereocenters. The van der Waals surface area contributed by atoms with Gasteiger partial charge in [0.2, 0.25) is 0 Å². The van der Waals surface area contributed by atoms with E-state index in [2.05, 4.69) is 15.3 Å². The Bertz CT molecular complexity index is 485. The predicted octanol–water partition coefficient (Wildman–Crippen LogP) is 1.85. The largest absolute Gasteiger partial charge is 0.476 e. The Morgan fingerprint density at radius 1 is 1.44 bits per heavy atom. The number of rotatable bonds is 4. The Labute approximate surface area is 95.8 Å². The topological polar surface area (TPSA) is 75.1 Å². The van der Waals surface area contributed by atoms with Gasteiger partial charge in [0.1, 0.15) is 0 Å². The van der Waals surface area contributed by atoms with Crippen LogP contribution in [0.5, 0.6) is 0 Å². The Hall–Kier alpha value is -1.95. The van der Waals surface area contributed by atoms with Crippen LogP contribution in [0.15, 0.2) is 29.2 Å². The molecule has 0 aliphatic carbocycles. The summed E-state index contributed by atoms with van der Waals surface area (Å²) in [6, 6.07) is 1.97. The lowest BCUT2D eigenvalue weighted by Crippen LogP contribution is -2.09. The van der Waals surface area contributed by atoms with Crippen LogP contribution in [0.3, 0.4) is 0 Å². The van der Waals surface area contributed by atoms with E-state index in [0.29, 0.717) is 12.4 Å². The van der Waals surface area contributed by atoms with Gasteiger partial charge in [-0.25, -0.2) is 14.8 Å². The number of anilines is 1. The van der Waals surface area contributed by atoms with E-state index >= 15 is 0 Å².